The molecule has 1 aromatic heterocycles. The molecule has 1 heterocycles. The van der Waals surface area contributed by atoms with Crippen LogP contribution in [0.5, 0.6) is 0 Å². The van der Waals surface area contributed by atoms with Crippen LogP contribution in [0.25, 0.3) is 11.4 Å². The molecule has 0 aliphatic carbocycles. The van der Waals surface area contributed by atoms with Crippen LogP contribution in [0.4, 0.5) is 18.9 Å². The number of hydrogen-bond acceptors (Lipinski definition) is 4. The number of amides is 1. The van der Waals surface area contributed by atoms with E-state index in [1.165, 1.54) is 12.1 Å². The molecule has 0 fully saturated rings. The average molecular weight is 488 g/mol. The first-order valence-electron chi connectivity index (χ1n) is 11.4. The van der Waals surface area contributed by atoms with Crippen molar-refractivity contribution in [1.82, 2.24) is 9.55 Å². The summed E-state index contributed by atoms with van der Waals surface area (Å²) in [4.78, 5) is 30.4. The van der Waals surface area contributed by atoms with E-state index in [0.29, 0.717) is 11.4 Å². The molecule has 0 atom stereocenters. The number of halogens is 3. The van der Waals surface area contributed by atoms with Crippen molar-refractivity contribution < 1.29 is 23.1 Å². The van der Waals surface area contributed by atoms with Crippen LogP contribution in [-0.4, -0.2) is 27.2 Å². The highest BCUT2D eigenvalue weighted by atomic mass is 19.4. The SMILES string of the molecule is CCCCc1ccc(NC(=O)Cn2c(-c3ccc(C(F)(F)F)cc3)nc(C)c(CCO)c2=O)cc1. The van der Waals surface area contributed by atoms with Crippen molar-refractivity contribution in [3.8, 4) is 11.4 Å². The molecule has 6 nitrogen and oxygen atoms in total. The topological polar surface area (TPSA) is 84.2 Å². The second-order valence-corrected chi connectivity index (χ2v) is 8.29. The molecule has 35 heavy (non-hydrogen) atoms. The normalized spacial score (nSPS) is 11.5. The predicted octanol–water partition coefficient (Wildman–Crippen LogP) is 4.75. The van der Waals surface area contributed by atoms with Gasteiger partial charge in [-0.2, -0.15) is 13.2 Å². The zero-order valence-electron chi connectivity index (χ0n) is 19.7. The van der Waals surface area contributed by atoms with E-state index >= 15 is 0 Å². The summed E-state index contributed by atoms with van der Waals surface area (Å²) >= 11 is 0. The Bertz CT molecular complexity index is 1220. The van der Waals surface area contributed by atoms with Gasteiger partial charge in [0.2, 0.25) is 5.91 Å². The fourth-order valence-corrected chi connectivity index (χ4v) is 3.76. The number of rotatable bonds is 9. The highest BCUT2D eigenvalue weighted by Crippen LogP contribution is 2.30. The number of hydrogen-bond donors (Lipinski definition) is 2. The monoisotopic (exact) mass is 487 g/mol. The summed E-state index contributed by atoms with van der Waals surface area (Å²) in [5, 5.41) is 12.1. The number of aliphatic hydroxyl groups excluding tert-OH is 1. The summed E-state index contributed by atoms with van der Waals surface area (Å²) < 4.78 is 40.1. The average Bonchev–Trinajstić information content (AvgIpc) is 2.82. The first-order valence-corrected chi connectivity index (χ1v) is 11.4. The number of carbonyl (C=O) groups is 1. The van der Waals surface area contributed by atoms with Crippen molar-refractivity contribution in [3.63, 3.8) is 0 Å². The Hall–Kier alpha value is -3.46. The Balaban J connectivity index is 1.92. The van der Waals surface area contributed by atoms with E-state index in [-0.39, 0.29) is 30.0 Å². The summed E-state index contributed by atoms with van der Waals surface area (Å²) in [5.74, 6) is -0.407. The van der Waals surface area contributed by atoms with E-state index in [2.05, 4.69) is 17.2 Å². The van der Waals surface area contributed by atoms with Crippen molar-refractivity contribution in [1.29, 1.82) is 0 Å². The van der Waals surface area contributed by atoms with Gasteiger partial charge in [0.15, 0.2) is 0 Å². The van der Waals surface area contributed by atoms with Gasteiger partial charge in [0, 0.05) is 35.5 Å². The number of nitrogens with zero attached hydrogens (tertiary/aromatic N) is 2. The fraction of sp³-hybridized carbons (Fsp3) is 0.346. The molecule has 0 aliphatic rings. The van der Waals surface area contributed by atoms with Crippen LogP contribution in [0.2, 0.25) is 0 Å². The third-order valence-electron chi connectivity index (χ3n) is 5.66. The lowest BCUT2D eigenvalue weighted by Gasteiger charge is -2.16. The molecule has 2 N–H and O–H groups in total. The van der Waals surface area contributed by atoms with Crippen LogP contribution in [0.3, 0.4) is 0 Å². The molecule has 0 bridgehead atoms. The number of alkyl halides is 3. The second kappa shape index (κ2) is 11.3. The van der Waals surface area contributed by atoms with E-state index in [9.17, 15) is 27.9 Å². The van der Waals surface area contributed by atoms with Crippen molar-refractivity contribution in [2.24, 2.45) is 0 Å². The van der Waals surface area contributed by atoms with Crippen LogP contribution in [0, 0.1) is 6.92 Å². The smallest absolute Gasteiger partial charge is 0.396 e. The third kappa shape index (κ3) is 6.57. The molecule has 3 rings (SSSR count). The number of nitrogens with one attached hydrogen (secondary N) is 1. The highest BCUT2D eigenvalue weighted by molar-refractivity contribution is 5.90. The van der Waals surface area contributed by atoms with Gasteiger partial charge in [0.05, 0.1) is 5.56 Å². The van der Waals surface area contributed by atoms with Gasteiger partial charge in [-0.25, -0.2) is 4.98 Å². The van der Waals surface area contributed by atoms with E-state index in [0.717, 1.165) is 41.5 Å². The van der Waals surface area contributed by atoms with Crippen LogP contribution in [0.15, 0.2) is 53.3 Å². The summed E-state index contributed by atoms with van der Waals surface area (Å²) in [7, 11) is 0. The minimum atomic E-state index is -4.50. The van der Waals surface area contributed by atoms with Gasteiger partial charge < -0.3 is 10.4 Å². The van der Waals surface area contributed by atoms with Crippen molar-refractivity contribution >= 4 is 11.6 Å². The Labute approximate surface area is 201 Å². The molecule has 0 unspecified atom stereocenters. The van der Waals surface area contributed by atoms with Gasteiger partial charge in [-0.1, -0.05) is 37.6 Å². The van der Waals surface area contributed by atoms with E-state index < -0.39 is 29.8 Å². The maximum atomic E-state index is 13.2. The predicted molar refractivity (Wildman–Crippen MR) is 128 cm³/mol. The Morgan fingerprint density at radius 3 is 2.29 bits per heavy atom. The number of anilines is 1. The standard InChI is InChI=1S/C26H28F3N3O3/c1-3-4-5-18-6-12-21(13-7-18)31-23(34)16-32-24(30-17(2)22(14-15-33)25(32)35)19-8-10-20(11-9-19)26(27,28)29/h6-13,33H,3-5,14-16H2,1-2H3,(H,31,34). The molecule has 0 saturated heterocycles. The van der Waals surface area contributed by atoms with Gasteiger partial charge in [-0.15, -0.1) is 0 Å². The molecule has 0 aliphatic heterocycles. The second-order valence-electron chi connectivity index (χ2n) is 8.29. The summed E-state index contributed by atoms with van der Waals surface area (Å²) in [6, 6.07) is 11.7. The van der Waals surface area contributed by atoms with Crippen LogP contribution in [0.1, 0.15) is 42.1 Å². The lowest BCUT2D eigenvalue weighted by Crippen LogP contribution is -2.33. The number of aryl methyl sites for hydroxylation is 2. The van der Waals surface area contributed by atoms with Gasteiger partial charge in [-0.05, 0) is 49.6 Å². The van der Waals surface area contributed by atoms with Crippen molar-refractivity contribution in [3.05, 3.63) is 81.3 Å². The first kappa shape index (κ1) is 26.2. The lowest BCUT2D eigenvalue weighted by molar-refractivity contribution is -0.137. The molecular formula is C26H28F3N3O3. The maximum Gasteiger partial charge on any atom is 0.416 e. The van der Waals surface area contributed by atoms with Crippen molar-refractivity contribution in [2.45, 2.75) is 52.3 Å². The molecule has 1 amide bonds. The van der Waals surface area contributed by atoms with Crippen LogP contribution in [-0.2, 0) is 30.4 Å². The molecule has 3 aromatic rings. The fourth-order valence-electron chi connectivity index (χ4n) is 3.76. The first-order chi connectivity index (χ1) is 16.6. The molecule has 2 aromatic carbocycles. The van der Waals surface area contributed by atoms with Crippen LogP contribution >= 0.6 is 0 Å². The highest BCUT2D eigenvalue weighted by Gasteiger charge is 2.30. The summed E-state index contributed by atoms with van der Waals surface area (Å²) in [5.41, 5.74) is 1.23. The van der Waals surface area contributed by atoms with Crippen LogP contribution < -0.4 is 10.9 Å². The van der Waals surface area contributed by atoms with Gasteiger partial charge in [-0.3, -0.25) is 14.2 Å². The van der Waals surface area contributed by atoms with E-state index in [4.69, 9.17) is 0 Å². The Morgan fingerprint density at radius 2 is 1.71 bits per heavy atom. The number of carbonyl (C=O) groups excluding carboxylic acids is 1. The quantitative estimate of drug-likeness (QED) is 0.456. The molecule has 186 valence electrons. The summed E-state index contributed by atoms with van der Waals surface area (Å²) in [6.45, 7) is 3.03. The largest absolute Gasteiger partial charge is 0.416 e. The third-order valence-corrected chi connectivity index (χ3v) is 5.66. The van der Waals surface area contributed by atoms with Gasteiger partial charge in [0.1, 0.15) is 12.4 Å². The summed E-state index contributed by atoms with van der Waals surface area (Å²) in [6.07, 6.45) is -1.36. The van der Waals surface area contributed by atoms with Crippen molar-refractivity contribution in [2.75, 3.05) is 11.9 Å². The number of aliphatic hydroxyl groups is 1. The maximum absolute atomic E-state index is 13.2. The number of unbranched alkanes of at least 4 members (excludes halogenated alkanes) is 1. The van der Waals surface area contributed by atoms with Gasteiger partial charge >= 0.3 is 6.18 Å². The zero-order chi connectivity index (χ0) is 25.6. The van der Waals surface area contributed by atoms with E-state index in [1.54, 1.807) is 19.1 Å². The Kier molecular flexibility index (Phi) is 8.45. The lowest BCUT2D eigenvalue weighted by atomic mass is 10.1. The number of aromatic nitrogens is 2. The molecule has 0 saturated carbocycles. The molecular weight excluding hydrogens is 459 g/mol. The minimum Gasteiger partial charge on any atom is -0.396 e. The minimum absolute atomic E-state index is 0.0474. The molecule has 0 radical (unpaired) electrons. The van der Waals surface area contributed by atoms with Gasteiger partial charge in [0.25, 0.3) is 5.56 Å². The zero-order valence-corrected chi connectivity index (χ0v) is 19.7. The number of benzene rings is 2. The Morgan fingerprint density at radius 1 is 1.06 bits per heavy atom. The molecule has 0 spiro atoms. The van der Waals surface area contributed by atoms with E-state index in [1.807, 2.05) is 12.1 Å². The molecule has 9 heteroatoms.